The molecule has 0 saturated carbocycles. The quantitative estimate of drug-likeness (QED) is 0.375. The molecule has 1 aliphatic heterocycles. The third kappa shape index (κ3) is 7.31. The Bertz CT molecular complexity index is 1220. The van der Waals surface area contributed by atoms with Crippen molar-refractivity contribution in [1.29, 1.82) is 0 Å². The van der Waals surface area contributed by atoms with Gasteiger partial charge in [-0.15, -0.1) is 24.9 Å². The van der Waals surface area contributed by atoms with Gasteiger partial charge < -0.3 is 19.3 Å². The maximum absolute atomic E-state index is 14.7. The smallest absolute Gasteiger partial charge is 0.406 e. The molecule has 38 heavy (non-hydrogen) atoms. The van der Waals surface area contributed by atoms with Crippen molar-refractivity contribution in [2.45, 2.75) is 42.2 Å². The SMILES string of the molecule is C[C@@H](SC1COC(/C=C/c2ccc(OC(F)(F)F)cc2)OC1)[C@](O)(Cn1cncn1)c1ccc(F)cc1F. The van der Waals surface area contributed by atoms with Crippen LogP contribution in [0.4, 0.5) is 22.0 Å². The zero-order chi connectivity index (χ0) is 27.3. The predicted octanol–water partition coefficient (Wildman–Crippen LogP) is 4.92. The molecule has 0 bridgehead atoms. The highest BCUT2D eigenvalue weighted by Gasteiger charge is 2.41. The Morgan fingerprint density at radius 2 is 1.87 bits per heavy atom. The van der Waals surface area contributed by atoms with E-state index in [4.69, 9.17) is 9.47 Å². The molecule has 1 saturated heterocycles. The van der Waals surface area contributed by atoms with Crippen molar-refractivity contribution in [1.82, 2.24) is 14.8 Å². The summed E-state index contributed by atoms with van der Waals surface area (Å²) in [6, 6.07) is 8.36. The minimum Gasteiger partial charge on any atom is -0.406 e. The molecule has 0 aliphatic carbocycles. The van der Waals surface area contributed by atoms with E-state index in [2.05, 4.69) is 14.8 Å². The fourth-order valence-corrected chi connectivity index (χ4v) is 5.21. The van der Waals surface area contributed by atoms with Crippen LogP contribution < -0.4 is 4.74 Å². The number of hydrogen-bond donors (Lipinski definition) is 1. The zero-order valence-corrected chi connectivity index (χ0v) is 20.8. The number of benzene rings is 2. The van der Waals surface area contributed by atoms with E-state index in [0.29, 0.717) is 5.56 Å². The number of rotatable bonds is 9. The summed E-state index contributed by atoms with van der Waals surface area (Å²) < 4.78 is 81.8. The minimum absolute atomic E-state index is 0.0699. The first kappa shape index (κ1) is 28.0. The Balaban J connectivity index is 1.36. The molecule has 7 nitrogen and oxygen atoms in total. The van der Waals surface area contributed by atoms with Gasteiger partial charge in [-0.3, -0.25) is 0 Å². The third-order valence-electron chi connectivity index (χ3n) is 5.79. The van der Waals surface area contributed by atoms with Crippen LogP contribution >= 0.6 is 11.8 Å². The number of halogens is 5. The Kier molecular flexibility index (Phi) is 8.71. The van der Waals surface area contributed by atoms with Gasteiger partial charge in [0.2, 0.25) is 0 Å². The molecule has 204 valence electrons. The normalized spacial score (nSPS) is 20.8. The maximum Gasteiger partial charge on any atom is 0.573 e. The first-order chi connectivity index (χ1) is 18.0. The average molecular weight is 558 g/mol. The lowest BCUT2D eigenvalue weighted by Gasteiger charge is -2.37. The van der Waals surface area contributed by atoms with Gasteiger partial charge in [-0.05, 0) is 29.8 Å². The lowest BCUT2D eigenvalue weighted by Crippen LogP contribution is -2.43. The largest absolute Gasteiger partial charge is 0.573 e. The van der Waals surface area contributed by atoms with Gasteiger partial charge in [0, 0.05) is 16.9 Å². The highest BCUT2D eigenvalue weighted by atomic mass is 32.2. The van der Waals surface area contributed by atoms with Gasteiger partial charge in [-0.1, -0.05) is 31.2 Å². The minimum atomic E-state index is -4.76. The van der Waals surface area contributed by atoms with Crippen molar-refractivity contribution in [3.05, 3.63) is 84.0 Å². The van der Waals surface area contributed by atoms with Gasteiger partial charge in [0.05, 0.1) is 25.0 Å². The molecule has 2 aromatic carbocycles. The summed E-state index contributed by atoms with van der Waals surface area (Å²) in [5, 5.41) is 14.8. The number of ether oxygens (including phenoxy) is 3. The first-order valence-electron chi connectivity index (χ1n) is 11.4. The fraction of sp³-hybridized carbons (Fsp3) is 0.360. The Morgan fingerprint density at radius 3 is 2.47 bits per heavy atom. The molecule has 3 aromatic rings. The summed E-state index contributed by atoms with van der Waals surface area (Å²) in [7, 11) is 0. The number of thioether (sulfide) groups is 1. The second kappa shape index (κ2) is 11.8. The molecular weight excluding hydrogens is 533 g/mol. The van der Waals surface area contributed by atoms with E-state index in [1.165, 1.54) is 59.4 Å². The number of hydrogen-bond acceptors (Lipinski definition) is 7. The summed E-state index contributed by atoms with van der Waals surface area (Å²) in [5.74, 6) is -1.95. The summed E-state index contributed by atoms with van der Waals surface area (Å²) >= 11 is 1.33. The van der Waals surface area contributed by atoms with Gasteiger partial charge in [-0.25, -0.2) is 18.4 Å². The molecule has 0 spiro atoms. The molecule has 0 radical (unpaired) electrons. The van der Waals surface area contributed by atoms with Crippen LogP contribution in [-0.4, -0.2) is 56.2 Å². The van der Waals surface area contributed by atoms with Crippen LogP contribution in [0.25, 0.3) is 6.08 Å². The fourth-order valence-electron chi connectivity index (χ4n) is 3.90. The molecule has 13 heteroatoms. The van der Waals surface area contributed by atoms with E-state index in [-0.39, 0.29) is 36.3 Å². The highest BCUT2D eigenvalue weighted by molar-refractivity contribution is 8.00. The second-order valence-corrected chi connectivity index (χ2v) is 10.2. The summed E-state index contributed by atoms with van der Waals surface area (Å²) in [4.78, 5) is 3.86. The Labute approximate surface area is 219 Å². The van der Waals surface area contributed by atoms with Crippen molar-refractivity contribution in [2.75, 3.05) is 13.2 Å². The van der Waals surface area contributed by atoms with Crippen molar-refractivity contribution in [3.8, 4) is 5.75 Å². The van der Waals surface area contributed by atoms with Gasteiger partial charge >= 0.3 is 6.36 Å². The van der Waals surface area contributed by atoms with Crippen LogP contribution in [0.3, 0.4) is 0 Å². The first-order valence-corrected chi connectivity index (χ1v) is 12.4. The Hall–Kier alpha value is -3.00. The molecular formula is C25H24F5N3O4S. The van der Waals surface area contributed by atoms with Crippen molar-refractivity contribution in [3.63, 3.8) is 0 Å². The third-order valence-corrected chi connectivity index (χ3v) is 7.24. The van der Waals surface area contributed by atoms with Crippen LogP contribution in [0.5, 0.6) is 5.75 Å². The van der Waals surface area contributed by atoms with Crippen molar-refractivity contribution >= 4 is 17.8 Å². The van der Waals surface area contributed by atoms with E-state index < -0.39 is 35.1 Å². The second-order valence-electron chi connectivity index (χ2n) is 8.55. The van der Waals surface area contributed by atoms with Gasteiger partial charge in [0.1, 0.15) is 35.6 Å². The molecule has 0 unspecified atom stereocenters. The highest BCUT2D eigenvalue weighted by Crippen LogP contribution is 2.38. The van der Waals surface area contributed by atoms with Gasteiger partial charge in [0.15, 0.2) is 6.29 Å². The van der Waals surface area contributed by atoms with Gasteiger partial charge in [-0.2, -0.15) is 5.10 Å². The standard InChI is InChI=1S/C25H24F5N3O4S/c1-16(24(34,13-33-15-31-14-32-33)21-8-5-18(26)10-22(21)27)38-20-11-35-23(36-12-20)9-4-17-2-6-19(7-3-17)37-25(28,29)30/h2-10,14-16,20,23,34H,11-13H2,1H3/b9-4+/t16-,20?,23?,24-/m1/s1. The van der Waals surface area contributed by atoms with Crippen LogP contribution in [0, 0.1) is 11.6 Å². The number of alkyl halides is 3. The van der Waals surface area contributed by atoms with Crippen LogP contribution in [0.15, 0.2) is 61.2 Å². The van der Waals surface area contributed by atoms with E-state index in [1.807, 2.05) is 0 Å². The number of aromatic nitrogens is 3. The topological polar surface area (TPSA) is 78.6 Å². The molecule has 1 aromatic heterocycles. The molecule has 2 atom stereocenters. The monoisotopic (exact) mass is 557 g/mol. The predicted molar refractivity (Wildman–Crippen MR) is 129 cm³/mol. The Morgan fingerprint density at radius 1 is 1.16 bits per heavy atom. The van der Waals surface area contributed by atoms with Crippen molar-refractivity contribution in [2.24, 2.45) is 0 Å². The van der Waals surface area contributed by atoms with E-state index >= 15 is 0 Å². The van der Waals surface area contributed by atoms with E-state index in [9.17, 15) is 27.1 Å². The van der Waals surface area contributed by atoms with Crippen molar-refractivity contribution < 1.29 is 41.3 Å². The zero-order valence-electron chi connectivity index (χ0n) is 20.0. The van der Waals surface area contributed by atoms with Crippen LogP contribution in [-0.2, 0) is 21.6 Å². The molecule has 1 N–H and O–H groups in total. The van der Waals surface area contributed by atoms with Gasteiger partial charge in [0.25, 0.3) is 0 Å². The summed E-state index contributed by atoms with van der Waals surface area (Å²) in [6.07, 6.45) is 0.513. The van der Waals surface area contributed by atoms with Crippen LogP contribution in [0.1, 0.15) is 18.1 Å². The van der Waals surface area contributed by atoms with Crippen LogP contribution in [0.2, 0.25) is 0 Å². The molecule has 1 aliphatic rings. The maximum atomic E-state index is 14.7. The summed E-state index contributed by atoms with van der Waals surface area (Å²) in [6.45, 7) is 2.13. The lowest BCUT2D eigenvalue weighted by atomic mass is 9.90. The average Bonchev–Trinajstić information content (AvgIpc) is 3.36. The molecule has 2 heterocycles. The number of nitrogens with zero attached hydrogens (tertiary/aromatic N) is 3. The van der Waals surface area contributed by atoms with E-state index in [0.717, 1.165) is 12.1 Å². The summed E-state index contributed by atoms with van der Waals surface area (Å²) in [5.41, 5.74) is -1.20. The lowest BCUT2D eigenvalue weighted by molar-refractivity contribution is -0.274. The van der Waals surface area contributed by atoms with E-state index in [1.54, 1.807) is 19.1 Å². The molecule has 1 fully saturated rings. The molecule has 4 rings (SSSR count). The number of aliphatic hydroxyl groups is 1. The molecule has 0 amide bonds.